The Hall–Kier alpha value is -1.56. The molecule has 1 unspecified atom stereocenters. The fourth-order valence-corrected chi connectivity index (χ4v) is 1.02. The molecule has 0 radical (unpaired) electrons. The normalized spacial score (nSPS) is 12.5. The first kappa shape index (κ1) is 11.5. The van der Waals surface area contributed by atoms with E-state index in [9.17, 15) is 18.0 Å². The second-order valence-corrected chi connectivity index (χ2v) is 2.92. The van der Waals surface area contributed by atoms with Gasteiger partial charge in [-0.3, -0.25) is 0 Å². The molecule has 1 atom stereocenters. The zero-order valence-electron chi connectivity index (χ0n) is 7.38. The van der Waals surface area contributed by atoms with Crippen LogP contribution in [0.5, 0.6) is 0 Å². The second-order valence-electron chi connectivity index (χ2n) is 2.92. The monoisotopic (exact) mass is 220 g/mol. The first-order valence-corrected chi connectivity index (χ1v) is 3.96. The number of aliphatic carboxylic acids is 1. The third-order valence-corrected chi connectivity index (χ3v) is 1.79. The molecule has 0 spiro atoms. The molecular formula is C9H7F3O3. The number of aliphatic hydroxyl groups excluding tert-OH is 1. The van der Waals surface area contributed by atoms with Crippen molar-refractivity contribution in [3.63, 3.8) is 0 Å². The Bertz CT molecular complexity index is 392. The number of halogens is 3. The zero-order valence-corrected chi connectivity index (χ0v) is 7.38. The summed E-state index contributed by atoms with van der Waals surface area (Å²) in [5.41, 5.74) is -0.385. The maximum absolute atomic E-state index is 12.9. The predicted molar refractivity (Wildman–Crippen MR) is 43.7 cm³/mol. The van der Waals surface area contributed by atoms with Crippen LogP contribution in [0.25, 0.3) is 0 Å². The van der Waals surface area contributed by atoms with Crippen LogP contribution in [0.4, 0.5) is 13.2 Å². The van der Waals surface area contributed by atoms with Crippen molar-refractivity contribution < 1.29 is 28.2 Å². The lowest BCUT2D eigenvalue weighted by atomic mass is 10.1. The van der Waals surface area contributed by atoms with E-state index in [0.29, 0.717) is 12.1 Å². The van der Waals surface area contributed by atoms with Crippen molar-refractivity contribution >= 4 is 5.97 Å². The summed E-state index contributed by atoms with van der Waals surface area (Å²) in [5.74, 6) is -5.29. The lowest BCUT2D eigenvalue weighted by molar-refractivity contribution is -0.146. The predicted octanol–water partition coefficient (Wildman–Crippen LogP) is 1.09. The van der Waals surface area contributed by atoms with E-state index in [4.69, 9.17) is 10.2 Å². The molecule has 0 aromatic heterocycles. The van der Waals surface area contributed by atoms with Crippen LogP contribution in [0.1, 0.15) is 5.56 Å². The molecule has 1 rings (SSSR count). The van der Waals surface area contributed by atoms with Crippen molar-refractivity contribution in [1.82, 2.24) is 0 Å². The summed E-state index contributed by atoms with van der Waals surface area (Å²) >= 11 is 0. The lowest BCUT2D eigenvalue weighted by Gasteiger charge is -2.06. The van der Waals surface area contributed by atoms with Gasteiger partial charge in [0.1, 0.15) is 5.82 Å². The molecule has 82 valence electrons. The first-order chi connectivity index (χ1) is 6.91. The molecule has 0 saturated carbocycles. The minimum absolute atomic E-state index is 0.305. The van der Waals surface area contributed by atoms with Gasteiger partial charge in [-0.25, -0.2) is 18.0 Å². The van der Waals surface area contributed by atoms with Crippen LogP contribution in [0, 0.1) is 17.5 Å². The molecule has 6 heteroatoms. The molecule has 1 aromatic rings. The van der Waals surface area contributed by atoms with Crippen molar-refractivity contribution in [2.24, 2.45) is 0 Å². The lowest BCUT2D eigenvalue weighted by Crippen LogP contribution is -2.22. The molecular weight excluding hydrogens is 213 g/mol. The van der Waals surface area contributed by atoms with Crippen LogP contribution in [-0.4, -0.2) is 22.3 Å². The van der Waals surface area contributed by atoms with Crippen molar-refractivity contribution in [2.45, 2.75) is 12.5 Å². The Kier molecular flexibility index (Phi) is 3.31. The maximum Gasteiger partial charge on any atom is 0.332 e. The molecule has 1 aromatic carbocycles. The van der Waals surface area contributed by atoms with Gasteiger partial charge in [0.25, 0.3) is 0 Å². The number of carboxylic acids is 1. The Labute approximate surface area is 82.8 Å². The van der Waals surface area contributed by atoms with Crippen LogP contribution in [0.3, 0.4) is 0 Å². The average molecular weight is 220 g/mol. The number of rotatable bonds is 3. The van der Waals surface area contributed by atoms with Gasteiger partial charge in [0.15, 0.2) is 17.7 Å². The highest BCUT2D eigenvalue weighted by atomic mass is 19.2. The fourth-order valence-electron chi connectivity index (χ4n) is 1.02. The highest BCUT2D eigenvalue weighted by Gasteiger charge is 2.18. The van der Waals surface area contributed by atoms with Crippen LogP contribution in [0.2, 0.25) is 0 Å². The molecule has 15 heavy (non-hydrogen) atoms. The van der Waals surface area contributed by atoms with Crippen molar-refractivity contribution in [2.75, 3.05) is 0 Å². The van der Waals surface area contributed by atoms with Gasteiger partial charge in [0, 0.05) is 12.5 Å². The molecule has 0 aliphatic rings. The van der Waals surface area contributed by atoms with E-state index in [1.54, 1.807) is 0 Å². The average Bonchev–Trinajstić information content (AvgIpc) is 2.13. The second kappa shape index (κ2) is 4.31. The number of aliphatic hydroxyl groups is 1. The van der Waals surface area contributed by atoms with Crippen LogP contribution in [-0.2, 0) is 11.2 Å². The standard InChI is InChI=1S/C9H7F3O3/c10-5-3-7(12)6(11)1-4(5)2-8(13)9(14)15/h1,3,8,13H,2H2,(H,14,15). The summed E-state index contributed by atoms with van der Waals surface area (Å²) < 4.78 is 38.0. The molecule has 3 nitrogen and oxygen atoms in total. The summed E-state index contributed by atoms with van der Waals surface area (Å²) in [7, 11) is 0. The third-order valence-electron chi connectivity index (χ3n) is 1.79. The van der Waals surface area contributed by atoms with Crippen LogP contribution < -0.4 is 0 Å². The molecule has 0 aliphatic heterocycles. The van der Waals surface area contributed by atoms with Gasteiger partial charge in [0.2, 0.25) is 0 Å². The molecule has 0 fully saturated rings. The number of carbonyl (C=O) groups is 1. The summed E-state index contributed by atoms with van der Waals surface area (Å²) in [6.07, 6.45) is -2.46. The van der Waals surface area contributed by atoms with Crippen molar-refractivity contribution in [1.29, 1.82) is 0 Å². The van der Waals surface area contributed by atoms with Crippen molar-refractivity contribution in [3.8, 4) is 0 Å². The van der Waals surface area contributed by atoms with E-state index >= 15 is 0 Å². The van der Waals surface area contributed by atoms with E-state index in [-0.39, 0.29) is 5.56 Å². The SMILES string of the molecule is O=C(O)C(O)Cc1cc(F)c(F)cc1F. The van der Waals surface area contributed by atoms with E-state index in [0.717, 1.165) is 0 Å². The van der Waals surface area contributed by atoms with Crippen LogP contribution >= 0.6 is 0 Å². The van der Waals surface area contributed by atoms with E-state index in [2.05, 4.69) is 0 Å². The molecule has 0 aliphatic carbocycles. The maximum atomic E-state index is 12.9. The Morgan fingerprint density at radius 2 is 1.73 bits per heavy atom. The van der Waals surface area contributed by atoms with Gasteiger partial charge in [-0.2, -0.15) is 0 Å². The highest BCUT2D eigenvalue weighted by Crippen LogP contribution is 2.15. The summed E-state index contributed by atoms with van der Waals surface area (Å²) in [5, 5.41) is 17.2. The summed E-state index contributed by atoms with van der Waals surface area (Å²) in [6, 6.07) is 0.829. The van der Waals surface area contributed by atoms with Gasteiger partial charge in [0.05, 0.1) is 0 Å². The number of benzene rings is 1. The van der Waals surface area contributed by atoms with Gasteiger partial charge >= 0.3 is 5.97 Å². The molecule has 0 bridgehead atoms. The zero-order chi connectivity index (χ0) is 11.6. The van der Waals surface area contributed by atoms with Gasteiger partial charge in [-0.05, 0) is 11.6 Å². The van der Waals surface area contributed by atoms with Crippen molar-refractivity contribution in [3.05, 3.63) is 35.1 Å². The molecule has 2 N–H and O–H groups in total. The third kappa shape index (κ3) is 2.69. The quantitative estimate of drug-likeness (QED) is 0.749. The molecule has 0 saturated heterocycles. The Morgan fingerprint density at radius 1 is 1.20 bits per heavy atom. The number of hydrogen-bond donors (Lipinski definition) is 2. The number of hydrogen-bond acceptors (Lipinski definition) is 2. The largest absolute Gasteiger partial charge is 0.479 e. The van der Waals surface area contributed by atoms with Gasteiger partial charge in [-0.1, -0.05) is 0 Å². The van der Waals surface area contributed by atoms with E-state index in [1.165, 1.54) is 0 Å². The fraction of sp³-hybridized carbons (Fsp3) is 0.222. The van der Waals surface area contributed by atoms with E-state index in [1.807, 2.05) is 0 Å². The smallest absolute Gasteiger partial charge is 0.332 e. The van der Waals surface area contributed by atoms with Crippen LogP contribution in [0.15, 0.2) is 12.1 Å². The topological polar surface area (TPSA) is 57.5 Å². The minimum atomic E-state index is -1.84. The van der Waals surface area contributed by atoms with Gasteiger partial charge in [-0.15, -0.1) is 0 Å². The Morgan fingerprint density at radius 3 is 2.27 bits per heavy atom. The summed E-state index contributed by atoms with van der Waals surface area (Å²) in [4.78, 5) is 10.2. The van der Waals surface area contributed by atoms with Gasteiger partial charge < -0.3 is 10.2 Å². The molecule has 0 amide bonds. The number of carboxylic acid groups (broad SMARTS) is 1. The van der Waals surface area contributed by atoms with E-state index < -0.39 is 35.9 Å². The minimum Gasteiger partial charge on any atom is -0.479 e. The highest BCUT2D eigenvalue weighted by molar-refractivity contribution is 5.72. The first-order valence-electron chi connectivity index (χ1n) is 3.96. The molecule has 0 heterocycles. The Balaban J connectivity index is 2.95. The summed E-state index contributed by atoms with van der Waals surface area (Å²) in [6.45, 7) is 0.